The summed E-state index contributed by atoms with van der Waals surface area (Å²) in [6.07, 6.45) is 0.215. The van der Waals surface area contributed by atoms with Crippen molar-refractivity contribution in [3.8, 4) is 0 Å². The van der Waals surface area contributed by atoms with Crippen molar-refractivity contribution in [1.82, 2.24) is 10.2 Å². The van der Waals surface area contributed by atoms with Gasteiger partial charge in [-0.05, 0) is 18.3 Å². The number of piperidine rings is 1. The van der Waals surface area contributed by atoms with E-state index >= 15 is 0 Å². The Kier molecular flexibility index (Phi) is 5.60. The number of hydrogen-bond acceptors (Lipinski definition) is 3. The molecule has 1 aliphatic heterocycles. The number of amides is 2. The van der Waals surface area contributed by atoms with E-state index in [2.05, 4.69) is 5.32 Å². The first-order valence-electron chi connectivity index (χ1n) is 6.76. The van der Waals surface area contributed by atoms with Crippen LogP contribution < -0.4 is 5.32 Å². The van der Waals surface area contributed by atoms with E-state index < -0.39 is 11.9 Å². The van der Waals surface area contributed by atoms with E-state index in [1.165, 1.54) is 0 Å². The van der Waals surface area contributed by atoms with Crippen LogP contribution in [0.5, 0.6) is 0 Å². The molecule has 1 heterocycles. The molecule has 0 aromatic rings. The number of carbonyl (C=O) groups excluding carboxylic acids is 1. The molecule has 6 heteroatoms. The molecule has 0 saturated carbocycles. The molecule has 110 valence electrons. The zero-order valence-corrected chi connectivity index (χ0v) is 11.8. The lowest BCUT2D eigenvalue weighted by atomic mass is 9.96. The van der Waals surface area contributed by atoms with E-state index in [4.69, 9.17) is 5.11 Å². The van der Waals surface area contributed by atoms with Gasteiger partial charge >= 0.3 is 12.0 Å². The minimum absolute atomic E-state index is 0.0279. The Morgan fingerprint density at radius 2 is 2.05 bits per heavy atom. The predicted octanol–water partition coefficient (Wildman–Crippen LogP) is 0.755. The normalized spacial score (nSPS) is 25.2. The third kappa shape index (κ3) is 4.38. The maximum Gasteiger partial charge on any atom is 0.317 e. The Hall–Kier alpha value is -1.30. The Labute approximate surface area is 113 Å². The number of carbonyl (C=O) groups is 2. The maximum atomic E-state index is 11.9. The van der Waals surface area contributed by atoms with Gasteiger partial charge in [-0.25, -0.2) is 4.79 Å². The van der Waals surface area contributed by atoms with Crippen molar-refractivity contribution in [3.63, 3.8) is 0 Å². The largest absolute Gasteiger partial charge is 0.481 e. The lowest BCUT2D eigenvalue weighted by Crippen LogP contribution is -2.50. The van der Waals surface area contributed by atoms with Crippen molar-refractivity contribution in [2.45, 2.75) is 33.3 Å². The number of nitrogens with one attached hydrogen (secondary N) is 1. The van der Waals surface area contributed by atoms with Crippen molar-refractivity contribution in [3.05, 3.63) is 0 Å². The zero-order chi connectivity index (χ0) is 14.6. The Bertz CT molecular complexity index is 333. The fourth-order valence-corrected chi connectivity index (χ4v) is 2.23. The summed E-state index contributed by atoms with van der Waals surface area (Å²) in [5.41, 5.74) is 0. The van der Waals surface area contributed by atoms with Crippen LogP contribution >= 0.6 is 0 Å². The number of aliphatic carboxylic acids is 1. The third-order valence-corrected chi connectivity index (χ3v) is 3.74. The molecule has 1 fully saturated rings. The van der Waals surface area contributed by atoms with E-state index in [-0.39, 0.29) is 30.5 Å². The summed E-state index contributed by atoms with van der Waals surface area (Å²) >= 11 is 0. The lowest BCUT2D eigenvalue weighted by Gasteiger charge is -2.34. The van der Waals surface area contributed by atoms with Gasteiger partial charge in [-0.15, -0.1) is 0 Å². The molecule has 1 saturated heterocycles. The number of urea groups is 1. The molecule has 0 aliphatic carbocycles. The maximum absolute atomic E-state index is 11.9. The van der Waals surface area contributed by atoms with Crippen LogP contribution in [0.4, 0.5) is 4.79 Å². The van der Waals surface area contributed by atoms with Gasteiger partial charge in [0.1, 0.15) is 0 Å². The van der Waals surface area contributed by atoms with Crippen LogP contribution in [0.3, 0.4) is 0 Å². The lowest BCUT2D eigenvalue weighted by molar-refractivity contribution is -0.142. The minimum atomic E-state index is -0.891. The number of likely N-dealkylation sites (tertiary alicyclic amines) is 1. The highest BCUT2D eigenvalue weighted by molar-refractivity contribution is 5.76. The average Bonchev–Trinajstić information content (AvgIpc) is 2.31. The minimum Gasteiger partial charge on any atom is -0.481 e. The van der Waals surface area contributed by atoms with Crippen molar-refractivity contribution < 1.29 is 19.8 Å². The molecule has 19 heavy (non-hydrogen) atoms. The summed E-state index contributed by atoms with van der Waals surface area (Å²) in [6.45, 7) is 6.70. The van der Waals surface area contributed by atoms with Gasteiger partial charge in [0.15, 0.2) is 0 Å². The summed E-state index contributed by atoms with van der Waals surface area (Å²) in [4.78, 5) is 24.6. The monoisotopic (exact) mass is 272 g/mol. The summed E-state index contributed by atoms with van der Waals surface area (Å²) in [5.74, 6) is -1.44. The first kappa shape index (κ1) is 15.8. The standard InChI is InChI=1S/C13H24N2O4/c1-8(2)10(12(17)18)6-14-13(19)15-5-4-11(16)9(3)7-15/h8-11,16H,4-7H2,1-3H3,(H,14,19)(H,17,18). The predicted molar refractivity (Wildman–Crippen MR) is 70.7 cm³/mol. The number of carboxylic acid groups (broad SMARTS) is 1. The zero-order valence-electron chi connectivity index (χ0n) is 11.8. The molecule has 1 aliphatic rings. The van der Waals surface area contributed by atoms with Gasteiger partial charge in [-0.2, -0.15) is 0 Å². The average molecular weight is 272 g/mol. The van der Waals surface area contributed by atoms with Gasteiger partial charge in [0.2, 0.25) is 0 Å². The molecule has 2 amide bonds. The Morgan fingerprint density at radius 1 is 1.42 bits per heavy atom. The number of hydrogen-bond donors (Lipinski definition) is 3. The highest BCUT2D eigenvalue weighted by Crippen LogP contribution is 2.16. The molecule has 0 spiro atoms. The molecule has 0 aromatic carbocycles. The molecular weight excluding hydrogens is 248 g/mol. The molecular formula is C13H24N2O4. The van der Waals surface area contributed by atoms with E-state index in [9.17, 15) is 14.7 Å². The first-order chi connectivity index (χ1) is 8.82. The molecule has 6 nitrogen and oxygen atoms in total. The first-order valence-corrected chi connectivity index (χ1v) is 6.76. The van der Waals surface area contributed by atoms with Crippen LogP contribution in [-0.4, -0.2) is 52.9 Å². The molecule has 3 atom stereocenters. The van der Waals surface area contributed by atoms with E-state index in [1.807, 2.05) is 20.8 Å². The second kappa shape index (κ2) is 6.75. The second-order valence-corrected chi connectivity index (χ2v) is 5.65. The highest BCUT2D eigenvalue weighted by Gasteiger charge is 2.28. The fourth-order valence-electron chi connectivity index (χ4n) is 2.23. The van der Waals surface area contributed by atoms with Gasteiger partial charge < -0.3 is 20.4 Å². The van der Waals surface area contributed by atoms with E-state index in [0.29, 0.717) is 19.5 Å². The van der Waals surface area contributed by atoms with Gasteiger partial charge in [-0.3, -0.25) is 4.79 Å². The summed E-state index contributed by atoms with van der Waals surface area (Å²) in [5, 5.41) is 21.3. The van der Waals surface area contributed by atoms with Crippen LogP contribution in [0.2, 0.25) is 0 Å². The third-order valence-electron chi connectivity index (χ3n) is 3.74. The molecule has 3 N–H and O–H groups in total. The van der Waals surface area contributed by atoms with Crippen LogP contribution in [0, 0.1) is 17.8 Å². The molecule has 0 aromatic heterocycles. The van der Waals surface area contributed by atoms with Gasteiger partial charge in [-0.1, -0.05) is 20.8 Å². The van der Waals surface area contributed by atoms with Crippen molar-refractivity contribution in [2.75, 3.05) is 19.6 Å². The summed E-state index contributed by atoms with van der Waals surface area (Å²) in [7, 11) is 0. The highest BCUT2D eigenvalue weighted by atomic mass is 16.4. The van der Waals surface area contributed by atoms with Crippen LogP contribution in [0.1, 0.15) is 27.2 Å². The van der Waals surface area contributed by atoms with Crippen LogP contribution in [-0.2, 0) is 4.79 Å². The number of rotatable bonds is 4. The Balaban J connectivity index is 2.45. The van der Waals surface area contributed by atoms with Crippen LogP contribution in [0.25, 0.3) is 0 Å². The van der Waals surface area contributed by atoms with E-state index in [0.717, 1.165) is 0 Å². The Morgan fingerprint density at radius 3 is 2.53 bits per heavy atom. The van der Waals surface area contributed by atoms with Crippen molar-refractivity contribution >= 4 is 12.0 Å². The van der Waals surface area contributed by atoms with Crippen molar-refractivity contribution in [1.29, 1.82) is 0 Å². The fraction of sp³-hybridized carbons (Fsp3) is 0.846. The summed E-state index contributed by atoms with van der Waals surface area (Å²) < 4.78 is 0. The number of aliphatic hydroxyl groups is 1. The second-order valence-electron chi connectivity index (χ2n) is 5.65. The number of aliphatic hydroxyl groups excluding tert-OH is 1. The van der Waals surface area contributed by atoms with Gasteiger partial charge in [0, 0.05) is 19.6 Å². The summed E-state index contributed by atoms with van der Waals surface area (Å²) in [6, 6.07) is -0.245. The van der Waals surface area contributed by atoms with Crippen molar-refractivity contribution in [2.24, 2.45) is 17.8 Å². The number of nitrogens with zero attached hydrogens (tertiary/aromatic N) is 1. The quantitative estimate of drug-likeness (QED) is 0.704. The molecule has 3 unspecified atom stereocenters. The molecule has 0 radical (unpaired) electrons. The topological polar surface area (TPSA) is 89.9 Å². The number of carboxylic acids is 1. The van der Waals surface area contributed by atoms with Gasteiger partial charge in [0.25, 0.3) is 0 Å². The molecule has 1 rings (SSSR count). The smallest absolute Gasteiger partial charge is 0.317 e. The van der Waals surface area contributed by atoms with Crippen LogP contribution in [0.15, 0.2) is 0 Å². The molecule has 0 bridgehead atoms. The van der Waals surface area contributed by atoms with E-state index in [1.54, 1.807) is 4.90 Å². The van der Waals surface area contributed by atoms with Gasteiger partial charge in [0.05, 0.1) is 12.0 Å². The SMILES string of the molecule is CC(C)C(CNC(=O)N1CCC(O)C(C)C1)C(=O)O.